The first kappa shape index (κ1) is 27.9. The van der Waals surface area contributed by atoms with Gasteiger partial charge in [-0.1, -0.05) is 60.7 Å². The van der Waals surface area contributed by atoms with Crippen molar-refractivity contribution in [1.82, 2.24) is 4.98 Å². The number of hydrogen-bond donors (Lipinski definition) is 1. The Morgan fingerprint density at radius 1 is 0.917 bits per heavy atom. The first-order valence-electron chi connectivity index (χ1n) is 10.9. The number of carboxylic acid groups (broad SMARTS) is 1. The second kappa shape index (κ2) is 13.5. The van der Waals surface area contributed by atoms with Gasteiger partial charge in [-0.2, -0.15) is 10.5 Å². The van der Waals surface area contributed by atoms with Gasteiger partial charge in [-0.3, -0.25) is 9.98 Å². The first-order chi connectivity index (χ1) is 17.0. The summed E-state index contributed by atoms with van der Waals surface area (Å²) in [4.78, 5) is 34.0. The zero-order valence-corrected chi connectivity index (χ0v) is 20.1. The van der Waals surface area contributed by atoms with E-state index < -0.39 is 17.4 Å². The molecule has 1 N–H and O–H groups in total. The number of aliphatic imine (C=N–C) groups is 1. The van der Waals surface area contributed by atoms with Crippen molar-refractivity contribution in [2.75, 3.05) is 0 Å². The van der Waals surface area contributed by atoms with Gasteiger partial charge in [0, 0.05) is 41.1 Å². The van der Waals surface area contributed by atoms with Gasteiger partial charge >= 0.3 is 5.97 Å². The predicted octanol–water partition coefficient (Wildman–Crippen LogP) is 5.19. The number of aliphatic carboxylic acids is 1. The third-order valence-corrected chi connectivity index (χ3v) is 5.34. The van der Waals surface area contributed by atoms with Crippen LogP contribution in [0.2, 0.25) is 0 Å². The number of carbonyl (C=O) groups excluding carboxylic acids is 1. The molecule has 0 saturated heterocycles. The fourth-order valence-corrected chi connectivity index (χ4v) is 3.54. The Labute approximate surface area is 219 Å². The molecular formula is C27H22N5NiO3-. The molecule has 3 rings (SSSR count). The van der Waals surface area contributed by atoms with Gasteiger partial charge in [0.25, 0.3) is 0 Å². The Hall–Kier alpha value is -4.33. The number of para-hydroxylation sites is 1. The summed E-state index contributed by atoms with van der Waals surface area (Å²) < 4.78 is 0. The monoisotopic (exact) mass is 522 g/mol. The van der Waals surface area contributed by atoms with E-state index in [1.54, 1.807) is 66.7 Å². The second-order valence-corrected chi connectivity index (χ2v) is 7.63. The van der Waals surface area contributed by atoms with Gasteiger partial charge in [0.1, 0.15) is 5.91 Å². The Morgan fingerprint density at radius 2 is 1.53 bits per heavy atom. The van der Waals surface area contributed by atoms with Crippen LogP contribution >= 0.6 is 0 Å². The Kier molecular flexibility index (Phi) is 10.5. The molecule has 1 heterocycles. The summed E-state index contributed by atoms with van der Waals surface area (Å²) >= 11 is 0. The second-order valence-electron chi connectivity index (χ2n) is 7.63. The number of carboxylic acids is 1. The van der Waals surface area contributed by atoms with Gasteiger partial charge in [-0.25, -0.2) is 4.79 Å². The van der Waals surface area contributed by atoms with Crippen LogP contribution in [0.1, 0.15) is 47.3 Å². The van der Waals surface area contributed by atoms with Crippen molar-refractivity contribution >= 4 is 23.3 Å². The number of nitrogens with zero attached hydrogens (tertiary/aromatic N) is 5. The molecule has 9 heteroatoms. The number of hydrogen-bond acceptors (Lipinski definition) is 6. The summed E-state index contributed by atoms with van der Waals surface area (Å²) in [5.74, 6) is -1.78. The third kappa shape index (κ3) is 6.85. The zero-order chi connectivity index (χ0) is 25.1. The standard InChI is InChI=1S/C27H23N5O3.Ni/c28-17-8-15-27(26(34)35,16-9-18-29)32-24(20-10-2-1-3-11-20)21-12-4-5-13-22(21)31-25(33)23-14-6-7-19-30-23;/h1-7,10-14,19H,8-9,15-16H2,(H2,31,32,33,34,35);/p-1. The van der Waals surface area contributed by atoms with Gasteiger partial charge in [-0.15, -0.1) is 5.69 Å². The van der Waals surface area contributed by atoms with Gasteiger partial charge in [0.15, 0.2) is 5.54 Å². The van der Waals surface area contributed by atoms with Gasteiger partial charge in [0.05, 0.1) is 23.5 Å². The van der Waals surface area contributed by atoms with Gasteiger partial charge < -0.3 is 15.2 Å². The molecule has 0 fully saturated rings. The van der Waals surface area contributed by atoms with E-state index in [2.05, 4.69) is 10.3 Å². The van der Waals surface area contributed by atoms with Crippen molar-refractivity contribution in [3.05, 3.63) is 101 Å². The molecule has 8 nitrogen and oxygen atoms in total. The third-order valence-electron chi connectivity index (χ3n) is 5.34. The molecule has 1 amide bonds. The van der Waals surface area contributed by atoms with E-state index in [0.717, 1.165) is 0 Å². The Bertz CT molecular complexity index is 1280. The van der Waals surface area contributed by atoms with E-state index in [4.69, 9.17) is 15.5 Å². The zero-order valence-electron chi connectivity index (χ0n) is 19.1. The van der Waals surface area contributed by atoms with Gasteiger partial charge in [-0.05, 0) is 30.5 Å². The first-order valence-corrected chi connectivity index (χ1v) is 10.9. The molecule has 0 bridgehead atoms. The number of pyridine rings is 1. The maximum atomic E-state index is 12.8. The van der Waals surface area contributed by atoms with Crippen LogP contribution in [-0.4, -0.2) is 33.2 Å². The number of amides is 1. The van der Waals surface area contributed by atoms with Crippen LogP contribution < -0.4 is 0 Å². The molecule has 0 aliphatic heterocycles. The van der Waals surface area contributed by atoms with Gasteiger partial charge in [0.2, 0.25) is 0 Å². The summed E-state index contributed by atoms with van der Waals surface area (Å²) in [6, 6.07) is 24.6. The summed E-state index contributed by atoms with van der Waals surface area (Å²) in [6.07, 6.45) is 1.27. The molecule has 0 atom stereocenters. The molecule has 0 unspecified atom stereocenters. The molecule has 0 spiro atoms. The summed E-state index contributed by atoms with van der Waals surface area (Å²) in [5.41, 5.74) is 0.128. The molecule has 0 aliphatic carbocycles. The fourth-order valence-electron chi connectivity index (χ4n) is 3.54. The van der Waals surface area contributed by atoms with E-state index in [1.807, 2.05) is 18.2 Å². The average Bonchev–Trinajstić information content (AvgIpc) is 2.90. The summed E-state index contributed by atoms with van der Waals surface area (Å²) in [6.45, 7) is 0. The normalized spacial score (nSPS) is 10.9. The van der Waals surface area contributed by atoms with Crippen LogP contribution in [0.4, 0.5) is 5.69 Å². The van der Waals surface area contributed by atoms with E-state index in [0.29, 0.717) is 22.5 Å². The van der Waals surface area contributed by atoms with Crippen LogP contribution in [0.15, 0.2) is 84.0 Å². The minimum atomic E-state index is -1.70. The van der Waals surface area contributed by atoms with E-state index in [1.165, 1.54) is 6.20 Å². The number of benzene rings is 2. The minimum Gasteiger partial charge on any atom is -0.621 e. The maximum Gasteiger partial charge on any atom is 0.331 e. The van der Waals surface area contributed by atoms with Crippen LogP contribution in [0, 0.1) is 22.7 Å². The summed E-state index contributed by atoms with van der Waals surface area (Å²) in [7, 11) is 0. The molecular weight excluding hydrogens is 501 g/mol. The number of aromatic nitrogens is 1. The predicted molar refractivity (Wildman–Crippen MR) is 130 cm³/mol. The van der Waals surface area contributed by atoms with Crippen molar-refractivity contribution in [3.8, 4) is 12.1 Å². The average molecular weight is 523 g/mol. The number of carbonyl (C=O) groups is 2. The molecule has 184 valence electrons. The minimum absolute atomic E-state index is 0. The molecule has 1 aromatic heterocycles. The molecule has 0 radical (unpaired) electrons. The number of rotatable bonds is 10. The summed E-state index contributed by atoms with van der Waals surface area (Å²) in [5, 5.41) is 32.7. The quantitative estimate of drug-likeness (QED) is 0.286. The van der Waals surface area contributed by atoms with Crippen LogP contribution in [-0.2, 0) is 21.3 Å². The molecule has 2 aromatic carbocycles. The number of nitriles is 2. The van der Waals surface area contributed by atoms with E-state index in [9.17, 15) is 14.7 Å². The molecule has 36 heavy (non-hydrogen) atoms. The largest absolute Gasteiger partial charge is 0.621 e. The van der Waals surface area contributed by atoms with Crippen molar-refractivity contribution < 1.29 is 31.2 Å². The maximum absolute atomic E-state index is 12.8. The molecule has 3 aromatic rings. The Balaban J connectivity index is 0.00000456. The van der Waals surface area contributed by atoms with Crippen LogP contribution in [0.5, 0.6) is 0 Å². The Morgan fingerprint density at radius 3 is 2.11 bits per heavy atom. The van der Waals surface area contributed by atoms with Crippen molar-refractivity contribution in [3.63, 3.8) is 0 Å². The topological polar surface area (TPSA) is 141 Å². The van der Waals surface area contributed by atoms with Crippen molar-refractivity contribution in [1.29, 1.82) is 10.5 Å². The fraction of sp³-hybridized carbons (Fsp3) is 0.185. The SMILES string of the molecule is N#CCCC(CCC#N)(N=C(c1ccccc1)c1ccccc1[N-]C(=O)c1ccccn1)C(=O)O.[Ni]. The molecule has 0 saturated carbocycles. The van der Waals surface area contributed by atoms with Crippen LogP contribution in [0.3, 0.4) is 0 Å². The molecule has 0 aliphatic rings. The van der Waals surface area contributed by atoms with Crippen molar-refractivity contribution in [2.45, 2.75) is 31.2 Å². The smallest absolute Gasteiger partial charge is 0.331 e. The van der Waals surface area contributed by atoms with Crippen molar-refractivity contribution in [2.24, 2.45) is 4.99 Å². The van der Waals surface area contributed by atoms with E-state index >= 15 is 0 Å². The van der Waals surface area contributed by atoms with Crippen LogP contribution in [0.25, 0.3) is 5.32 Å². The van der Waals surface area contributed by atoms with E-state index in [-0.39, 0.29) is 47.9 Å².